The molecule has 2 unspecified atom stereocenters. The van der Waals surface area contributed by atoms with Gasteiger partial charge in [-0.2, -0.15) is 0 Å². The number of aryl methyl sites for hydroxylation is 1. The summed E-state index contributed by atoms with van der Waals surface area (Å²) in [6.07, 6.45) is 2.34. The van der Waals surface area contributed by atoms with Gasteiger partial charge in [0.05, 0.1) is 11.0 Å². The maximum atomic E-state index is 12.5. The first-order chi connectivity index (χ1) is 12.8. The van der Waals surface area contributed by atoms with Crippen LogP contribution in [0, 0.1) is 0 Å². The quantitative estimate of drug-likeness (QED) is 0.671. The number of carbonyl (C=O) groups excluding carboxylic acids is 1. The lowest BCUT2D eigenvalue weighted by Crippen LogP contribution is -2.40. The minimum absolute atomic E-state index is 0.0471. The second kappa shape index (κ2) is 7.95. The van der Waals surface area contributed by atoms with Crippen LogP contribution in [-0.4, -0.2) is 62.1 Å². The lowest BCUT2D eigenvalue weighted by molar-refractivity contribution is -0.148. The van der Waals surface area contributed by atoms with E-state index in [9.17, 15) is 23.1 Å². The number of carboxylic acid groups (broad SMARTS) is 1. The van der Waals surface area contributed by atoms with E-state index < -0.39 is 22.0 Å². The molecule has 2 fully saturated rings. The highest BCUT2D eigenvalue weighted by Crippen LogP contribution is 2.23. The van der Waals surface area contributed by atoms with Gasteiger partial charge in [-0.15, -0.1) is 0 Å². The van der Waals surface area contributed by atoms with Crippen LogP contribution in [0.5, 0.6) is 0 Å². The van der Waals surface area contributed by atoms with Crippen LogP contribution in [0.15, 0.2) is 29.2 Å². The van der Waals surface area contributed by atoms with E-state index in [0.29, 0.717) is 6.42 Å². The van der Waals surface area contributed by atoms with Crippen molar-refractivity contribution < 1.29 is 27.9 Å². The smallest absolute Gasteiger partial charge is 0.326 e. The fourth-order valence-electron chi connectivity index (χ4n) is 3.20. The number of nitrogens with zero attached hydrogens (tertiary/aromatic N) is 1. The second-order valence-electron chi connectivity index (χ2n) is 7.03. The molecule has 1 saturated heterocycles. The molecule has 3 rings (SSSR count). The van der Waals surface area contributed by atoms with Crippen molar-refractivity contribution >= 4 is 21.9 Å². The molecule has 9 heteroatoms. The highest BCUT2D eigenvalue weighted by Gasteiger charge is 2.39. The molecule has 2 atom stereocenters. The average molecular weight is 396 g/mol. The SMILES string of the molecule is COC1CC(C(=O)O)N(C(=O)CCc2ccc(S(=O)(=O)NC3CC3)cc2)C1. The van der Waals surface area contributed by atoms with Gasteiger partial charge in [0.25, 0.3) is 0 Å². The number of carbonyl (C=O) groups is 2. The summed E-state index contributed by atoms with van der Waals surface area (Å²) in [4.78, 5) is 25.4. The van der Waals surface area contributed by atoms with Crippen LogP contribution >= 0.6 is 0 Å². The van der Waals surface area contributed by atoms with Crippen LogP contribution in [0.2, 0.25) is 0 Å². The van der Waals surface area contributed by atoms with E-state index in [2.05, 4.69) is 4.72 Å². The molecule has 1 saturated carbocycles. The fraction of sp³-hybridized carbons (Fsp3) is 0.556. The predicted molar refractivity (Wildman–Crippen MR) is 96.7 cm³/mol. The summed E-state index contributed by atoms with van der Waals surface area (Å²) < 4.78 is 32.1. The summed E-state index contributed by atoms with van der Waals surface area (Å²) >= 11 is 0. The van der Waals surface area contributed by atoms with Gasteiger partial charge in [-0.05, 0) is 37.0 Å². The largest absolute Gasteiger partial charge is 0.480 e. The van der Waals surface area contributed by atoms with Crippen LogP contribution in [0.25, 0.3) is 0 Å². The third-order valence-corrected chi connectivity index (χ3v) is 6.50. The summed E-state index contributed by atoms with van der Waals surface area (Å²) in [5, 5.41) is 9.29. The molecule has 2 N–H and O–H groups in total. The Morgan fingerprint density at radius 2 is 1.93 bits per heavy atom. The van der Waals surface area contributed by atoms with Crippen molar-refractivity contribution in [3.63, 3.8) is 0 Å². The number of methoxy groups -OCH3 is 1. The zero-order valence-electron chi connectivity index (χ0n) is 15.1. The van der Waals surface area contributed by atoms with E-state index in [1.54, 1.807) is 12.1 Å². The highest BCUT2D eigenvalue weighted by molar-refractivity contribution is 7.89. The molecule has 2 aliphatic rings. The molecular weight excluding hydrogens is 372 g/mol. The number of hydrogen-bond donors (Lipinski definition) is 2. The Morgan fingerprint density at radius 3 is 2.48 bits per heavy atom. The molecule has 0 radical (unpaired) electrons. The van der Waals surface area contributed by atoms with E-state index in [1.165, 1.54) is 24.1 Å². The van der Waals surface area contributed by atoms with Crippen LogP contribution in [-0.2, 0) is 30.8 Å². The van der Waals surface area contributed by atoms with Gasteiger partial charge in [0.2, 0.25) is 15.9 Å². The molecule has 1 aromatic rings. The molecule has 1 aromatic carbocycles. The summed E-state index contributed by atoms with van der Waals surface area (Å²) in [6.45, 7) is 0.274. The van der Waals surface area contributed by atoms with Crippen molar-refractivity contribution in [2.75, 3.05) is 13.7 Å². The van der Waals surface area contributed by atoms with Gasteiger partial charge in [0.1, 0.15) is 6.04 Å². The number of nitrogens with one attached hydrogen (secondary N) is 1. The van der Waals surface area contributed by atoms with Crippen molar-refractivity contribution in [3.8, 4) is 0 Å². The second-order valence-corrected chi connectivity index (χ2v) is 8.75. The van der Waals surface area contributed by atoms with Gasteiger partial charge in [-0.25, -0.2) is 17.9 Å². The average Bonchev–Trinajstić information content (AvgIpc) is 3.32. The van der Waals surface area contributed by atoms with Crippen LogP contribution in [0.1, 0.15) is 31.2 Å². The van der Waals surface area contributed by atoms with E-state index >= 15 is 0 Å². The number of carboxylic acids is 1. The molecular formula is C18H24N2O6S. The zero-order valence-corrected chi connectivity index (χ0v) is 15.9. The third-order valence-electron chi connectivity index (χ3n) is 4.96. The van der Waals surface area contributed by atoms with E-state index in [1.807, 2.05) is 0 Å². The van der Waals surface area contributed by atoms with Crippen LogP contribution < -0.4 is 4.72 Å². The van der Waals surface area contributed by atoms with Crippen LogP contribution in [0.3, 0.4) is 0 Å². The first kappa shape index (κ1) is 19.8. The van der Waals surface area contributed by atoms with Crippen LogP contribution in [0.4, 0.5) is 0 Å². The normalized spacial score (nSPS) is 22.8. The van der Waals surface area contributed by atoms with Gasteiger partial charge in [-0.3, -0.25) is 4.79 Å². The summed E-state index contributed by atoms with van der Waals surface area (Å²) in [5.41, 5.74) is 0.822. The van der Waals surface area contributed by atoms with E-state index in [-0.39, 0.29) is 42.3 Å². The molecule has 1 aliphatic heterocycles. The van der Waals surface area contributed by atoms with Gasteiger partial charge < -0.3 is 14.7 Å². The molecule has 1 heterocycles. The van der Waals surface area contributed by atoms with Crippen molar-refractivity contribution in [1.82, 2.24) is 9.62 Å². The predicted octanol–water partition coefficient (Wildman–Crippen LogP) is 0.760. The van der Waals surface area contributed by atoms with Gasteiger partial charge >= 0.3 is 5.97 Å². The standard InChI is InChI=1S/C18H24N2O6S/c1-26-14-10-16(18(22)23)20(11-14)17(21)9-4-12-2-7-15(8-3-12)27(24,25)19-13-5-6-13/h2-3,7-8,13-14,16,19H,4-6,9-11H2,1H3,(H,22,23). The minimum Gasteiger partial charge on any atom is -0.480 e. The molecule has 0 bridgehead atoms. The fourth-order valence-corrected chi connectivity index (χ4v) is 4.50. The minimum atomic E-state index is -3.49. The Bertz CT molecular complexity index is 804. The molecule has 1 amide bonds. The number of likely N-dealkylation sites (tertiary alicyclic amines) is 1. The number of rotatable bonds is 8. The molecule has 0 spiro atoms. The zero-order chi connectivity index (χ0) is 19.6. The molecule has 0 aromatic heterocycles. The van der Waals surface area contributed by atoms with Crippen molar-refractivity contribution in [2.24, 2.45) is 0 Å². The number of ether oxygens (including phenoxy) is 1. The van der Waals surface area contributed by atoms with Gasteiger partial charge in [-0.1, -0.05) is 12.1 Å². The lowest BCUT2D eigenvalue weighted by atomic mass is 10.1. The number of sulfonamides is 1. The molecule has 1 aliphatic carbocycles. The first-order valence-corrected chi connectivity index (χ1v) is 10.4. The topological polar surface area (TPSA) is 113 Å². The van der Waals surface area contributed by atoms with Crippen molar-refractivity contribution in [3.05, 3.63) is 29.8 Å². The Labute approximate surface area is 158 Å². The first-order valence-electron chi connectivity index (χ1n) is 8.96. The van der Waals surface area contributed by atoms with E-state index in [4.69, 9.17) is 4.74 Å². The third kappa shape index (κ3) is 4.85. The maximum absolute atomic E-state index is 12.5. The van der Waals surface area contributed by atoms with E-state index in [0.717, 1.165) is 18.4 Å². The summed E-state index contributed by atoms with van der Waals surface area (Å²) in [7, 11) is -1.98. The Balaban J connectivity index is 1.57. The van der Waals surface area contributed by atoms with Crippen molar-refractivity contribution in [1.29, 1.82) is 0 Å². The number of hydrogen-bond acceptors (Lipinski definition) is 5. The lowest BCUT2D eigenvalue weighted by Gasteiger charge is -2.21. The number of aliphatic carboxylic acids is 1. The van der Waals surface area contributed by atoms with Gasteiger partial charge in [0.15, 0.2) is 0 Å². The van der Waals surface area contributed by atoms with Gasteiger partial charge in [0, 0.05) is 32.5 Å². The Morgan fingerprint density at radius 1 is 1.26 bits per heavy atom. The highest BCUT2D eigenvalue weighted by atomic mass is 32.2. The Kier molecular flexibility index (Phi) is 5.83. The maximum Gasteiger partial charge on any atom is 0.326 e. The number of benzene rings is 1. The summed E-state index contributed by atoms with van der Waals surface area (Å²) in [6, 6.07) is 5.62. The molecule has 27 heavy (non-hydrogen) atoms. The monoisotopic (exact) mass is 396 g/mol. The number of amides is 1. The molecule has 8 nitrogen and oxygen atoms in total. The van der Waals surface area contributed by atoms with Crippen molar-refractivity contribution in [2.45, 2.75) is 55.2 Å². The molecule has 148 valence electrons. The Hall–Kier alpha value is -1.97. The summed E-state index contributed by atoms with van der Waals surface area (Å²) in [5.74, 6) is -1.27.